The van der Waals surface area contributed by atoms with Gasteiger partial charge in [-0.3, -0.25) is 14.4 Å². The molecule has 0 spiro atoms. The van der Waals surface area contributed by atoms with E-state index in [0.29, 0.717) is 30.0 Å². The number of pyridine rings is 1. The summed E-state index contributed by atoms with van der Waals surface area (Å²) >= 11 is 1.33. The van der Waals surface area contributed by atoms with Crippen LogP contribution in [0.5, 0.6) is 5.75 Å². The Hall–Kier alpha value is -3.46. The summed E-state index contributed by atoms with van der Waals surface area (Å²) in [5.41, 5.74) is 2.14. The lowest BCUT2D eigenvalue weighted by Gasteiger charge is -2.12. The second-order valence-electron chi connectivity index (χ2n) is 7.89. The van der Waals surface area contributed by atoms with Gasteiger partial charge in [-0.25, -0.2) is 0 Å². The molecular formula is C24H28N4O4S. The summed E-state index contributed by atoms with van der Waals surface area (Å²) in [6.45, 7) is 8.21. The van der Waals surface area contributed by atoms with Crippen molar-refractivity contribution in [3.63, 3.8) is 0 Å². The van der Waals surface area contributed by atoms with E-state index in [1.807, 2.05) is 48.1 Å². The van der Waals surface area contributed by atoms with Gasteiger partial charge in [0, 0.05) is 43.4 Å². The minimum absolute atomic E-state index is 0.00414. The molecule has 3 rings (SSSR count). The molecule has 0 aliphatic rings. The van der Waals surface area contributed by atoms with Gasteiger partial charge in [0.25, 0.3) is 5.91 Å². The van der Waals surface area contributed by atoms with E-state index in [9.17, 15) is 14.4 Å². The number of amides is 2. The van der Waals surface area contributed by atoms with Gasteiger partial charge in [-0.05, 0) is 57.0 Å². The fraction of sp³-hybridized carbons (Fsp3) is 0.333. The maximum Gasteiger partial charge on any atom is 0.285 e. The van der Waals surface area contributed by atoms with Gasteiger partial charge in [-0.1, -0.05) is 0 Å². The molecule has 8 nitrogen and oxygen atoms in total. The number of nitrogens with one attached hydrogen (secondary N) is 2. The second-order valence-corrected chi connectivity index (χ2v) is 8.73. The highest BCUT2D eigenvalue weighted by Gasteiger charge is 2.13. The van der Waals surface area contributed by atoms with Crippen molar-refractivity contribution in [3.05, 3.63) is 68.2 Å². The molecule has 1 aromatic carbocycles. The maximum atomic E-state index is 12.7. The predicted molar refractivity (Wildman–Crippen MR) is 129 cm³/mol. The lowest BCUT2D eigenvalue weighted by molar-refractivity contribution is -0.118. The first-order valence-corrected chi connectivity index (χ1v) is 11.6. The molecule has 0 fully saturated rings. The number of nitrogens with zero attached hydrogens (tertiary/aromatic N) is 2. The Bertz CT molecular complexity index is 1250. The molecule has 2 N–H and O–H groups in total. The summed E-state index contributed by atoms with van der Waals surface area (Å²) in [5.74, 6) is 0.0887. The van der Waals surface area contributed by atoms with Crippen LogP contribution in [-0.4, -0.2) is 34.0 Å². The SMILES string of the molecule is CC(=O)NCCCn1c(-c2ccc(OC(C)C)cc2)csc1=NC(=O)c1c[nH]c(C)cc1=O. The van der Waals surface area contributed by atoms with Crippen LogP contribution in [0.15, 0.2) is 51.7 Å². The van der Waals surface area contributed by atoms with E-state index in [1.54, 1.807) is 6.92 Å². The highest BCUT2D eigenvalue weighted by Crippen LogP contribution is 2.24. The van der Waals surface area contributed by atoms with Crippen LogP contribution in [0.25, 0.3) is 11.3 Å². The van der Waals surface area contributed by atoms with Crippen LogP contribution in [-0.2, 0) is 11.3 Å². The van der Waals surface area contributed by atoms with Crippen molar-refractivity contribution in [3.8, 4) is 17.0 Å². The van der Waals surface area contributed by atoms with Crippen molar-refractivity contribution < 1.29 is 14.3 Å². The molecule has 0 radical (unpaired) electrons. The summed E-state index contributed by atoms with van der Waals surface area (Å²) in [6.07, 6.45) is 2.13. The average Bonchev–Trinajstić information content (AvgIpc) is 3.13. The lowest BCUT2D eigenvalue weighted by atomic mass is 10.1. The molecule has 2 heterocycles. The van der Waals surface area contributed by atoms with Gasteiger partial charge in [-0.15, -0.1) is 11.3 Å². The molecule has 0 saturated heterocycles. The van der Waals surface area contributed by atoms with Gasteiger partial charge in [0.2, 0.25) is 5.91 Å². The largest absolute Gasteiger partial charge is 0.491 e. The molecule has 9 heteroatoms. The van der Waals surface area contributed by atoms with Gasteiger partial charge in [0.15, 0.2) is 10.2 Å². The van der Waals surface area contributed by atoms with Crippen molar-refractivity contribution >= 4 is 23.2 Å². The van der Waals surface area contributed by atoms with Gasteiger partial charge < -0.3 is 19.6 Å². The third kappa shape index (κ3) is 6.52. The van der Waals surface area contributed by atoms with Crippen molar-refractivity contribution in [2.24, 2.45) is 4.99 Å². The number of H-pyrrole nitrogens is 1. The predicted octanol–water partition coefficient (Wildman–Crippen LogP) is 3.27. The number of hydrogen-bond acceptors (Lipinski definition) is 5. The zero-order valence-electron chi connectivity index (χ0n) is 19.2. The number of aromatic nitrogens is 2. The second kappa shape index (κ2) is 10.9. The van der Waals surface area contributed by atoms with Crippen molar-refractivity contribution in [2.75, 3.05) is 6.54 Å². The minimum Gasteiger partial charge on any atom is -0.491 e. The highest BCUT2D eigenvalue weighted by atomic mass is 32.1. The maximum absolute atomic E-state index is 12.7. The molecule has 2 aromatic heterocycles. The standard InChI is InChI=1S/C24H28N4O4S/c1-15(2)32-19-8-6-18(7-9-19)21-14-33-24(28(21)11-5-10-25-17(4)29)27-23(31)20-13-26-16(3)12-22(20)30/h6-9,12-15H,5,10-11H2,1-4H3,(H,25,29)(H,26,30). The zero-order chi connectivity index (χ0) is 24.0. The summed E-state index contributed by atoms with van der Waals surface area (Å²) in [4.78, 5) is 43.8. The van der Waals surface area contributed by atoms with Crippen LogP contribution in [0, 0.1) is 6.92 Å². The average molecular weight is 469 g/mol. The van der Waals surface area contributed by atoms with E-state index < -0.39 is 5.91 Å². The van der Waals surface area contributed by atoms with Crippen LogP contribution in [0.2, 0.25) is 0 Å². The van der Waals surface area contributed by atoms with E-state index in [0.717, 1.165) is 17.0 Å². The number of ether oxygens (including phenoxy) is 1. The number of benzene rings is 1. The Balaban J connectivity index is 1.96. The van der Waals surface area contributed by atoms with E-state index in [4.69, 9.17) is 4.74 Å². The minimum atomic E-state index is -0.596. The normalized spacial score (nSPS) is 11.6. The van der Waals surface area contributed by atoms with Crippen LogP contribution in [0.1, 0.15) is 43.2 Å². The number of rotatable bonds is 8. The van der Waals surface area contributed by atoms with Crippen LogP contribution < -0.4 is 20.3 Å². The molecule has 0 atom stereocenters. The molecular weight excluding hydrogens is 440 g/mol. The Morgan fingerprint density at radius 1 is 1.24 bits per heavy atom. The van der Waals surface area contributed by atoms with Crippen LogP contribution in [0.4, 0.5) is 0 Å². The molecule has 0 bridgehead atoms. The fourth-order valence-electron chi connectivity index (χ4n) is 3.23. The summed E-state index contributed by atoms with van der Waals surface area (Å²) < 4.78 is 7.66. The van der Waals surface area contributed by atoms with Gasteiger partial charge >= 0.3 is 0 Å². The zero-order valence-corrected chi connectivity index (χ0v) is 20.0. The first-order valence-electron chi connectivity index (χ1n) is 10.7. The first kappa shape index (κ1) is 24.2. The molecule has 0 aliphatic heterocycles. The van der Waals surface area contributed by atoms with E-state index in [2.05, 4.69) is 15.3 Å². The summed E-state index contributed by atoms with van der Waals surface area (Å²) in [5, 5.41) is 4.72. The first-order chi connectivity index (χ1) is 15.7. The quantitative estimate of drug-likeness (QED) is 0.495. The number of carbonyl (C=O) groups excluding carboxylic acids is 2. The third-order valence-corrected chi connectivity index (χ3v) is 5.60. The van der Waals surface area contributed by atoms with Crippen LogP contribution in [0.3, 0.4) is 0 Å². The van der Waals surface area contributed by atoms with Gasteiger partial charge in [0.1, 0.15) is 11.3 Å². The molecule has 3 aromatic rings. The number of thiazole rings is 1. The number of aromatic amines is 1. The fourth-order valence-corrected chi connectivity index (χ4v) is 4.16. The Morgan fingerprint density at radius 3 is 2.61 bits per heavy atom. The topological polar surface area (TPSA) is 106 Å². The molecule has 2 amide bonds. The smallest absolute Gasteiger partial charge is 0.285 e. The summed E-state index contributed by atoms with van der Waals surface area (Å²) in [7, 11) is 0. The highest BCUT2D eigenvalue weighted by molar-refractivity contribution is 7.07. The number of aryl methyl sites for hydroxylation is 1. The number of carbonyl (C=O) groups is 2. The lowest BCUT2D eigenvalue weighted by Crippen LogP contribution is -2.25. The van der Waals surface area contributed by atoms with E-state index in [-0.39, 0.29) is 23.0 Å². The molecule has 33 heavy (non-hydrogen) atoms. The van der Waals surface area contributed by atoms with Crippen molar-refractivity contribution in [1.29, 1.82) is 0 Å². The Kier molecular flexibility index (Phi) is 8.00. The molecule has 0 saturated carbocycles. The third-order valence-electron chi connectivity index (χ3n) is 4.74. The number of hydrogen-bond donors (Lipinski definition) is 2. The Morgan fingerprint density at radius 2 is 1.97 bits per heavy atom. The van der Waals surface area contributed by atoms with Crippen molar-refractivity contribution in [1.82, 2.24) is 14.9 Å². The monoisotopic (exact) mass is 468 g/mol. The van der Waals surface area contributed by atoms with E-state index in [1.165, 1.54) is 30.5 Å². The van der Waals surface area contributed by atoms with Crippen LogP contribution >= 0.6 is 11.3 Å². The van der Waals surface area contributed by atoms with E-state index >= 15 is 0 Å². The molecule has 0 unspecified atom stereocenters. The molecule has 174 valence electrons. The van der Waals surface area contributed by atoms with Gasteiger partial charge in [-0.2, -0.15) is 4.99 Å². The summed E-state index contributed by atoms with van der Waals surface area (Å²) in [6, 6.07) is 9.11. The van der Waals surface area contributed by atoms with Crippen molar-refractivity contribution in [2.45, 2.75) is 46.8 Å². The Labute approximate surface area is 196 Å². The molecule has 0 aliphatic carbocycles. The van der Waals surface area contributed by atoms with Gasteiger partial charge in [0.05, 0.1) is 11.8 Å².